The minimum atomic E-state index is -5.08. The quantitative estimate of drug-likeness (QED) is 0.556. The zero-order chi connectivity index (χ0) is 21.9. The molecule has 4 rings (SSSR count). The second-order valence-electron chi connectivity index (χ2n) is 6.32. The van der Waals surface area contributed by atoms with Crippen molar-refractivity contribution in [2.75, 3.05) is 6.54 Å². The summed E-state index contributed by atoms with van der Waals surface area (Å²) >= 11 is 6.06. The lowest BCUT2D eigenvalue weighted by Crippen LogP contribution is -2.31. The monoisotopic (exact) mass is 437 g/mol. The summed E-state index contributed by atoms with van der Waals surface area (Å²) in [6.45, 7) is 0.676. The molecule has 0 atom stereocenters. The Labute approximate surface area is 173 Å². The number of alkyl halides is 3. The normalized spacial score (nSPS) is 13.0. The molecule has 0 saturated carbocycles. The molecule has 2 aromatic heterocycles. The van der Waals surface area contributed by atoms with Crippen molar-refractivity contribution in [3.8, 4) is 22.5 Å². The van der Waals surface area contributed by atoms with Gasteiger partial charge in [-0.25, -0.2) is 4.79 Å². The fourth-order valence-electron chi connectivity index (χ4n) is 2.85. The second kappa shape index (κ2) is 8.58. The maximum Gasteiger partial charge on any atom is 0.490 e. The number of amides is 1. The molecule has 0 saturated heterocycles. The Kier molecular flexibility index (Phi) is 6.12. The summed E-state index contributed by atoms with van der Waals surface area (Å²) in [6.07, 6.45) is -2.49. The van der Waals surface area contributed by atoms with Crippen LogP contribution in [-0.2, 0) is 11.2 Å². The third kappa shape index (κ3) is 4.98. The highest BCUT2D eigenvalue weighted by molar-refractivity contribution is 6.30. The van der Waals surface area contributed by atoms with Crippen LogP contribution in [0, 0.1) is 0 Å². The van der Waals surface area contributed by atoms with Gasteiger partial charge in [0.2, 0.25) is 0 Å². The number of fused-ring (bicyclic) bond motifs is 1. The number of aromatic amines is 1. The molecule has 1 aliphatic rings. The number of benzene rings is 1. The number of H-pyrrole nitrogens is 1. The molecule has 0 aliphatic carbocycles. The maximum atomic E-state index is 11.9. The van der Waals surface area contributed by atoms with Gasteiger partial charge in [0.15, 0.2) is 0 Å². The fraction of sp³-hybridized carbons (Fsp3) is 0.150. The van der Waals surface area contributed by atoms with Gasteiger partial charge < -0.3 is 15.4 Å². The number of rotatable bonds is 2. The minimum Gasteiger partial charge on any atom is -0.475 e. The van der Waals surface area contributed by atoms with Crippen LogP contribution in [0.3, 0.4) is 0 Å². The number of carboxylic acids is 1. The molecule has 0 spiro atoms. The number of aromatic nitrogens is 2. The fourth-order valence-corrected chi connectivity index (χ4v) is 3.04. The number of pyridine rings is 1. The van der Waals surface area contributed by atoms with Crippen LogP contribution in [0.4, 0.5) is 13.2 Å². The summed E-state index contributed by atoms with van der Waals surface area (Å²) in [5.74, 6) is -2.77. The molecule has 3 aromatic rings. The Balaban J connectivity index is 0.000000318. The van der Waals surface area contributed by atoms with Gasteiger partial charge >= 0.3 is 12.1 Å². The van der Waals surface area contributed by atoms with Crippen molar-refractivity contribution in [3.05, 3.63) is 64.9 Å². The van der Waals surface area contributed by atoms with Crippen molar-refractivity contribution in [3.63, 3.8) is 0 Å². The summed E-state index contributed by atoms with van der Waals surface area (Å²) in [5.41, 5.74) is 5.46. The topological polar surface area (TPSA) is 95.1 Å². The van der Waals surface area contributed by atoms with Gasteiger partial charge in [0.1, 0.15) is 0 Å². The van der Waals surface area contributed by atoms with Crippen LogP contribution in [0.1, 0.15) is 16.1 Å². The van der Waals surface area contributed by atoms with Crippen molar-refractivity contribution >= 4 is 23.5 Å². The van der Waals surface area contributed by atoms with Crippen LogP contribution in [0.15, 0.2) is 48.7 Å². The molecular formula is C20H15ClF3N3O3. The van der Waals surface area contributed by atoms with E-state index in [1.54, 1.807) is 6.20 Å². The molecule has 3 N–H and O–H groups in total. The van der Waals surface area contributed by atoms with Crippen LogP contribution < -0.4 is 5.32 Å². The first-order valence-corrected chi connectivity index (χ1v) is 9.05. The van der Waals surface area contributed by atoms with E-state index >= 15 is 0 Å². The first kappa shape index (κ1) is 21.4. The standard InChI is InChI=1S/C18H14ClN3O.C2HF3O2/c19-13-3-1-2-11(8-13)16-9-12(4-6-20-16)17-10-14-15(22-17)5-7-21-18(14)23;3-2(4,5)1(6)7/h1-4,6,8-10,22H,5,7H2,(H,21,23);(H,6,7). The van der Waals surface area contributed by atoms with Gasteiger partial charge in [-0.3, -0.25) is 9.78 Å². The second-order valence-corrected chi connectivity index (χ2v) is 6.76. The Hall–Kier alpha value is -3.33. The third-order valence-corrected chi connectivity index (χ3v) is 4.47. The first-order valence-electron chi connectivity index (χ1n) is 8.67. The van der Waals surface area contributed by atoms with Crippen molar-refractivity contribution in [1.29, 1.82) is 0 Å². The smallest absolute Gasteiger partial charge is 0.475 e. The van der Waals surface area contributed by atoms with E-state index in [2.05, 4.69) is 15.3 Å². The molecule has 1 aromatic carbocycles. The molecule has 30 heavy (non-hydrogen) atoms. The van der Waals surface area contributed by atoms with E-state index in [9.17, 15) is 18.0 Å². The van der Waals surface area contributed by atoms with Crippen molar-refractivity contribution in [1.82, 2.24) is 15.3 Å². The molecule has 0 bridgehead atoms. The number of hydrogen-bond donors (Lipinski definition) is 3. The number of nitrogens with one attached hydrogen (secondary N) is 2. The van der Waals surface area contributed by atoms with Crippen LogP contribution in [-0.4, -0.2) is 39.7 Å². The molecule has 10 heteroatoms. The first-order chi connectivity index (χ1) is 14.1. The highest BCUT2D eigenvalue weighted by Crippen LogP contribution is 2.28. The molecule has 0 unspecified atom stereocenters. The number of carbonyl (C=O) groups is 2. The van der Waals surface area contributed by atoms with E-state index in [0.717, 1.165) is 40.2 Å². The van der Waals surface area contributed by atoms with Crippen molar-refractivity contribution in [2.24, 2.45) is 0 Å². The summed E-state index contributed by atoms with van der Waals surface area (Å²) in [5, 5.41) is 10.7. The van der Waals surface area contributed by atoms with Crippen LogP contribution >= 0.6 is 11.6 Å². The van der Waals surface area contributed by atoms with E-state index in [0.29, 0.717) is 11.6 Å². The lowest BCUT2D eigenvalue weighted by molar-refractivity contribution is -0.192. The number of aliphatic carboxylic acids is 1. The van der Waals surface area contributed by atoms with E-state index < -0.39 is 12.1 Å². The van der Waals surface area contributed by atoms with E-state index in [-0.39, 0.29) is 5.91 Å². The predicted molar refractivity (Wildman–Crippen MR) is 104 cm³/mol. The average molecular weight is 438 g/mol. The third-order valence-electron chi connectivity index (χ3n) is 4.24. The largest absolute Gasteiger partial charge is 0.490 e. The Morgan fingerprint density at radius 1 is 1.13 bits per heavy atom. The SMILES string of the molecule is O=C(O)C(F)(F)F.O=C1NCCc2[nH]c(-c3ccnc(-c4cccc(Cl)c4)c3)cc21. The summed E-state index contributed by atoms with van der Waals surface area (Å²) in [4.78, 5) is 28.6. The van der Waals surface area contributed by atoms with Crippen molar-refractivity contribution < 1.29 is 27.9 Å². The molecule has 0 fully saturated rings. The average Bonchev–Trinajstić information content (AvgIpc) is 3.14. The van der Waals surface area contributed by atoms with Gasteiger partial charge in [-0.15, -0.1) is 0 Å². The number of hydrogen-bond acceptors (Lipinski definition) is 3. The number of nitrogens with zero attached hydrogens (tertiary/aromatic N) is 1. The molecule has 6 nitrogen and oxygen atoms in total. The van der Waals surface area contributed by atoms with E-state index in [1.807, 2.05) is 42.5 Å². The summed E-state index contributed by atoms with van der Waals surface area (Å²) < 4.78 is 31.7. The van der Waals surface area contributed by atoms with Gasteiger partial charge in [-0.2, -0.15) is 13.2 Å². The van der Waals surface area contributed by atoms with Crippen LogP contribution in [0.5, 0.6) is 0 Å². The minimum absolute atomic E-state index is 0.0159. The molecule has 1 amide bonds. The zero-order valence-electron chi connectivity index (χ0n) is 15.3. The van der Waals surface area contributed by atoms with Gasteiger partial charge in [0.25, 0.3) is 5.91 Å². The highest BCUT2D eigenvalue weighted by atomic mass is 35.5. The zero-order valence-corrected chi connectivity index (χ0v) is 16.0. The lowest BCUT2D eigenvalue weighted by atomic mass is 10.1. The van der Waals surface area contributed by atoms with Gasteiger partial charge in [0.05, 0.1) is 11.3 Å². The number of halogens is 4. The Bertz CT molecular complexity index is 1100. The Morgan fingerprint density at radius 3 is 2.50 bits per heavy atom. The van der Waals surface area contributed by atoms with Gasteiger partial charge in [-0.05, 0) is 30.3 Å². The predicted octanol–water partition coefficient (Wildman–Crippen LogP) is 4.32. The van der Waals surface area contributed by atoms with Crippen molar-refractivity contribution in [2.45, 2.75) is 12.6 Å². The summed E-state index contributed by atoms with van der Waals surface area (Å²) in [6, 6.07) is 13.5. The molecule has 3 heterocycles. The highest BCUT2D eigenvalue weighted by Gasteiger charge is 2.38. The van der Waals surface area contributed by atoms with Crippen LogP contribution in [0.2, 0.25) is 5.02 Å². The number of carbonyl (C=O) groups excluding carboxylic acids is 1. The number of carboxylic acid groups (broad SMARTS) is 1. The van der Waals surface area contributed by atoms with E-state index in [1.165, 1.54) is 0 Å². The van der Waals surface area contributed by atoms with Crippen LogP contribution in [0.25, 0.3) is 22.5 Å². The molecule has 0 radical (unpaired) electrons. The van der Waals surface area contributed by atoms with Gasteiger partial charge in [0, 0.05) is 46.7 Å². The summed E-state index contributed by atoms with van der Waals surface area (Å²) in [7, 11) is 0. The van der Waals surface area contributed by atoms with E-state index in [4.69, 9.17) is 21.5 Å². The molecule has 156 valence electrons. The molecule has 1 aliphatic heterocycles. The molecular weight excluding hydrogens is 423 g/mol. The maximum absolute atomic E-state index is 11.9. The van der Waals surface area contributed by atoms with Gasteiger partial charge in [-0.1, -0.05) is 23.7 Å². The Morgan fingerprint density at radius 2 is 1.87 bits per heavy atom. The lowest BCUT2D eigenvalue weighted by Gasteiger charge is -2.10.